The molecule has 2 aliphatic rings. The molecule has 118 valence electrons. The van der Waals surface area contributed by atoms with Crippen molar-refractivity contribution in [3.05, 3.63) is 17.2 Å². The van der Waals surface area contributed by atoms with Gasteiger partial charge in [-0.3, -0.25) is 0 Å². The fourth-order valence-corrected chi connectivity index (χ4v) is 4.37. The van der Waals surface area contributed by atoms with Crippen LogP contribution in [0.2, 0.25) is 0 Å². The molecular weight excluding hydrogens is 258 g/mol. The molecule has 0 bridgehead atoms. The first kappa shape index (κ1) is 15.1. The second-order valence-electron chi connectivity index (χ2n) is 8.45. The lowest BCUT2D eigenvalue weighted by Crippen LogP contribution is -2.30. The van der Waals surface area contributed by atoms with Gasteiger partial charge in [-0.05, 0) is 31.1 Å². The molecule has 1 aliphatic heterocycles. The largest absolute Gasteiger partial charge is 0.328 e. The summed E-state index contributed by atoms with van der Waals surface area (Å²) in [7, 11) is 0. The lowest BCUT2D eigenvalue weighted by Gasteiger charge is -2.36. The van der Waals surface area contributed by atoms with Crippen LogP contribution in [0, 0.1) is 11.8 Å². The molecule has 3 rings (SSSR count). The molecule has 0 saturated heterocycles. The maximum absolute atomic E-state index is 5.05. The summed E-state index contributed by atoms with van der Waals surface area (Å²) in [5, 5.41) is 3.48. The fourth-order valence-electron chi connectivity index (χ4n) is 4.37. The molecule has 2 heterocycles. The molecule has 1 aliphatic carbocycles. The first-order valence-corrected chi connectivity index (χ1v) is 8.67. The molecule has 2 atom stereocenters. The van der Waals surface area contributed by atoms with Crippen LogP contribution in [0.3, 0.4) is 0 Å². The van der Waals surface area contributed by atoms with Crippen LogP contribution in [0.15, 0.2) is 0 Å². The molecule has 2 unspecified atom stereocenters. The van der Waals surface area contributed by atoms with Gasteiger partial charge in [0.25, 0.3) is 0 Å². The molecule has 3 nitrogen and oxygen atoms in total. The zero-order chi connectivity index (χ0) is 15.2. The van der Waals surface area contributed by atoms with E-state index in [0.29, 0.717) is 6.04 Å². The normalized spacial score (nSPS) is 30.2. The van der Waals surface area contributed by atoms with E-state index < -0.39 is 0 Å². The summed E-state index contributed by atoms with van der Waals surface area (Å²) in [4.78, 5) is 5.05. The lowest BCUT2D eigenvalue weighted by molar-refractivity contribution is 0.211. The van der Waals surface area contributed by atoms with Crippen molar-refractivity contribution in [2.75, 3.05) is 6.54 Å². The van der Waals surface area contributed by atoms with Crippen LogP contribution >= 0.6 is 0 Å². The minimum absolute atomic E-state index is 0.126. The van der Waals surface area contributed by atoms with Crippen molar-refractivity contribution in [1.29, 1.82) is 0 Å². The molecular formula is C18H31N3. The molecule has 1 fully saturated rings. The van der Waals surface area contributed by atoms with Crippen LogP contribution < -0.4 is 5.32 Å². The highest BCUT2D eigenvalue weighted by atomic mass is 15.2. The Morgan fingerprint density at radius 3 is 2.38 bits per heavy atom. The van der Waals surface area contributed by atoms with Gasteiger partial charge in [0.05, 0.1) is 5.69 Å². The van der Waals surface area contributed by atoms with Crippen molar-refractivity contribution < 1.29 is 0 Å². The number of imidazole rings is 1. The first-order chi connectivity index (χ1) is 9.86. The maximum atomic E-state index is 5.05. The van der Waals surface area contributed by atoms with Crippen LogP contribution in [-0.4, -0.2) is 16.1 Å². The second kappa shape index (κ2) is 5.42. The monoisotopic (exact) mass is 289 g/mol. The molecule has 3 heteroatoms. The smallest absolute Gasteiger partial charge is 0.114 e. The Kier molecular flexibility index (Phi) is 3.89. The SMILES string of the molecule is CC1CC(C)CC(n2c(C(C)(C)C)nc3c2CCNC3)C1. The van der Waals surface area contributed by atoms with E-state index in [2.05, 4.69) is 44.5 Å². The van der Waals surface area contributed by atoms with Gasteiger partial charge in [-0.15, -0.1) is 0 Å². The van der Waals surface area contributed by atoms with E-state index in [0.717, 1.165) is 31.3 Å². The minimum Gasteiger partial charge on any atom is -0.328 e. The maximum Gasteiger partial charge on any atom is 0.114 e. The fraction of sp³-hybridized carbons (Fsp3) is 0.833. The van der Waals surface area contributed by atoms with Crippen LogP contribution in [-0.2, 0) is 18.4 Å². The molecule has 0 spiro atoms. The Bertz CT molecular complexity index is 499. The summed E-state index contributed by atoms with van der Waals surface area (Å²) in [5.41, 5.74) is 2.95. The summed E-state index contributed by atoms with van der Waals surface area (Å²) < 4.78 is 2.66. The van der Waals surface area contributed by atoms with Gasteiger partial charge in [-0.2, -0.15) is 0 Å². The van der Waals surface area contributed by atoms with Crippen LogP contribution in [0.25, 0.3) is 0 Å². The van der Waals surface area contributed by atoms with E-state index in [1.54, 1.807) is 0 Å². The van der Waals surface area contributed by atoms with E-state index in [1.807, 2.05) is 0 Å². The highest BCUT2D eigenvalue weighted by Crippen LogP contribution is 2.40. The van der Waals surface area contributed by atoms with E-state index in [9.17, 15) is 0 Å². The van der Waals surface area contributed by atoms with E-state index >= 15 is 0 Å². The van der Waals surface area contributed by atoms with Crippen molar-refractivity contribution in [1.82, 2.24) is 14.9 Å². The Morgan fingerprint density at radius 1 is 1.10 bits per heavy atom. The van der Waals surface area contributed by atoms with E-state index in [1.165, 1.54) is 36.5 Å². The van der Waals surface area contributed by atoms with Crippen LogP contribution in [0.4, 0.5) is 0 Å². The number of nitrogens with one attached hydrogen (secondary N) is 1. The summed E-state index contributed by atoms with van der Waals surface area (Å²) in [6, 6.07) is 0.660. The molecule has 1 aromatic rings. The summed E-state index contributed by atoms with van der Waals surface area (Å²) in [6.45, 7) is 13.8. The van der Waals surface area contributed by atoms with Crippen LogP contribution in [0.5, 0.6) is 0 Å². The van der Waals surface area contributed by atoms with Gasteiger partial charge in [0, 0.05) is 36.7 Å². The highest BCUT2D eigenvalue weighted by Gasteiger charge is 2.33. The zero-order valence-electron chi connectivity index (χ0n) is 14.4. The Morgan fingerprint density at radius 2 is 1.76 bits per heavy atom. The average Bonchev–Trinajstić information content (AvgIpc) is 2.76. The lowest BCUT2D eigenvalue weighted by atomic mass is 9.79. The Hall–Kier alpha value is -0.830. The topological polar surface area (TPSA) is 29.9 Å². The van der Waals surface area contributed by atoms with Crippen LogP contribution in [0.1, 0.15) is 77.1 Å². The van der Waals surface area contributed by atoms with Crippen molar-refractivity contribution in [3.63, 3.8) is 0 Å². The third-order valence-corrected chi connectivity index (χ3v) is 5.11. The molecule has 0 amide bonds. The van der Waals surface area contributed by atoms with Gasteiger partial charge in [-0.1, -0.05) is 34.6 Å². The average molecular weight is 289 g/mol. The van der Waals surface area contributed by atoms with Crippen molar-refractivity contribution in [3.8, 4) is 0 Å². The summed E-state index contributed by atoms with van der Waals surface area (Å²) >= 11 is 0. The predicted octanol–water partition coefficient (Wildman–Crippen LogP) is 3.82. The molecule has 21 heavy (non-hydrogen) atoms. The quantitative estimate of drug-likeness (QED) is 0.851. The van der Waals surface area contributed by atoms with E-state index in [-0.39, 0.29) is 5.41 Å². The highest BCUT2D eigenvalue weighted by molar-refractivity contribution is 5.25. The molecule has 0 radical (unpaired) electrons. The van der Waals surface area contributed by atoms with Gasteiger partial charge in [0.1, 0.15) is 5.82 Å². The third-order valence-electron chi connectivity index (χ3n) is 5.11. The minimum atomic E-state index is 0.126. The molecule has 1 saturated carbocycles. The van der Waals surface area contributed by atoms with Gasteiger partial charge in [0.15, 0.2) is 0 Å². The standard InChI is InChI=1S/C18H31N3/c1-12-8-13(2)10-14(9-12)21-16-6-7-19-11-15(16)20-17(21)18(3,4)5/h12-14,19H,6-11H2,1-5H3. The number of nitrogens with zero attached hydrogens (tertiary/aromatic N) is 2. The Labute approximate surface area is 129 Å². The predicted molar refractivity (Wildman–Crippen MR) is 87.6 cm³/mol. The number of hydrogen-bond donors (Lipinski definition) is 1. The van der Waals surface area contributed by atoms with Crippen molar-refractivity contribution >= 4 is 0 Å². The molecule has 0 aromatic carbocycles. The zero-order valence-corrected chi connectivity index (χ0v) is 14.4. The van der Waals surface area contributed by atoms with Crippen molar-refractivity contribution in [2.45, 2.75) is 78.3 Å². The first-order valence-electron chi connectivity index (χ1n) is 8.67. The summed E-state index contributed by atoms with van der Waals surface area (Å²) in [5.74, 6) is 2.99. The number of hydrogen-bond acceptors (Lipinski definition) is 2. The van der Waals surface area contributed by atoms with Gasteiger partial charge in [0.2, 0.25) is 0 Å². The summed E-state index contributed by atoms with van der Waals surface area (Å²) in [6.07, 6.45) is 5.17. The second-order valence-corrected chi connectivity index (χ2v) is 8.45. The van der Waals surface area contributed by atoms with Gasteiger partial charge in [-0.25, -0.2) is 4.98 Å². The van der Waals surface area contributed by atoms with Gasteiger partial charge < -0.3 is 9.88 Å². The number of aromatic nitrogens is 2. The Balaban J connectivity index is 2.05. The number of fused-ring (bicyclic) bond motifs is 1. The van der Waals surface area contributed by atoms with Gasteiger partial charge >= 0.3 is 0 Å². The molecule has 1 N–H and O–H groups in total. The number of rotatable bonds is 1. The molecule has 1 aromatic heterocycles. The third kappa shape index (κ3) is 2.90. The van der Waals surface area contributed by atoms with Crippen molar-refractivity contribution in [2.24, 2.45) is 11.8 Å². The van der Waals surface area contributed by atoms with E-state index in [4.69, 9.17) is 4.98 Å².